The molecule has 3 aromatic carbocycles. The van der Waals surface area contributed by atoms with Gasteiger partial charge in [0.05, 0.1) is 11.5 Å². The van der Waals surface area contributed by atoms with Crippen molar-refractivity contribution < 1.29 is 4.57 Å². The van der Waals surface area contributed by atoms with Crippen molar-refractivity contribution >= 4 is 50.4 Å². The van der Waals surface area contributed by atoms with Gasteiger partial charge < -0.3 is 10.6 Å². The summed E-state index contributed by atoms with van der Waals surface area (Å²) in [5.74, 6) is 1.58. The summed E-state index contributed by atoms with van der Waals surface area (Å²) in [4.78, 5) is 2.32. The standard InChI is InChI=1S/C31H31N5S/c1-22(32)33-17-9-18-34-29-20-24(21-30-35-19-8-11-23-10-7-16-28(37-30)31(23)35)26-14-5-6-15-27(26)36(29)25-12-3-2-4-13-25/h2-7,10,12-16,20-21H,8-9,11,17-19H2,1H3,(H2,32,33)/p+1. The quantitative estimate of drug-likeness (QED) is 0.120. The Kier molecular flexibility index (Phi) is 6.49. The Hall–Kier alpha value is -3.90. The Morgan fingerprint density at radius 1 is 1.03 bits per heavy atom. The topological polar surface area (TPSA) is 55.0 Å². The van der Waals surface area contributed by atoms with E-state index >= 15 is 0 Å². The Bertz CT molecular complexity index is 1520. The number of fused-ring (bicyclic) bond motifs is 1. The third-order valence-corrected chi connectivity index (χ3v) is 8.09. The molecule has 0 saturated carbocycles. The fourth-order valence-corrected chi connectivity index (χ4v) is 6.53. The Morgan fingerprint density at radius 2 is 1.86 bits per heavy atom. The van der Waals surface area contributed by atoms with Crippen LogP contribution in [0.25, 0.3) is 21.9 Å². The lowest BCUT2D eigenvalue weighted by atomic mass is 9.97. The van der Waals surface area contributed by atoms with E-state index in [9.17, 15) is 0 Å². The number of thiazole rings is 1. The van der Waals surface area contributed by atoms with E-state index in [0.29, 0.717) is 5.84 Å². The van der Waals surface area contributed by atoms with Crippen LogP contribution in [0.2, 0.25) is 0 Å². The summed E-state index contributed by atoms with van der Waals surface area (Å²) >= 11 is 1.89. The lowest BCUT2D eigenvalue weighted by Crippen LogP contribution is -2.38. The van der Waals surface area contributed by atoms with E-state index in [1.54, 1.807) is 6.92 Å². The van der Waals surface area contributed by atoms with Crippen molar-refractivity contribution in [3.8, 4) is 0 Å². The van der Waals surface area contributed by atoms with Crippen molar-refractivity contribution in [3.63, 3.8) is 0 Å². The highest BCUT2D eigenvalue weighted by molar-refractivity contribution is 7.19. The highest BCUT2D eigenvalue weighted by Crippen LogP contribution is 2.41. The monoisotopic (exact) mass is 506 g/mol. The average Bonchev–Trinajstić information content (AvgIpc) is 3.28. The maximum atomic E-state index is 7.62. The molecule has 3 heterocycles. The summed E-state index contributed by atoms with van der Waals surface area (Å²) in [6, 6.07) is 26.0. The third-order valence-electron chi connectivity index (χ3n) is 6.99. The zero-order chi connectivity index (χ0) is 25.2. The molecule has 0 unspecified atom stereocenters. The second kappa shape index (κ2) is 10.2. The summed E-state index contributed by atoms with van der Waals surface area (Å²) in [5.41, 5.74) is 7.66. The summed E-state index contributed by atoms with van der Waals surface area (Å²) in [5, 5.41) is 15.7. The maximum Gasteiger partial charge on any atom is 0.263 e. The summed E-state index contributed by atoms with van der Waals surface area (Å²) < 4.78 is 3.89. The predicted molar refractivity (Wildman–Crippen MR) is 155 cm³/mol. The minimum atomic E-state index is 0.509. The van der Waals surface area contributed by atoms with Crippen LogP contribution in [0.3, 0.4) is 0 Å². The molecule has 3 N–H and O–H groups in total. The van der Waals surface area contributed by atoms with Crippen LogP contribution in [0.15, 0.2) is 84.7 Å². The minimum absolute atomic E-state index is 0.509. The highest BCUT2D eigenvalue weighted by Gasteiger charge is 2.28. The van der Waals surface area contributed by atoms with Gasteiger partial charge in [0.2, 0.25) is 5.52 Å². The van der Waals surface area contributed by atoms with Gasteiger partial charge in [-0.1, -0.05) is 59.9 Å². The molecule has 0 amide bonds. The smallest absolute Gasteiger partial charge is 0.263 e. The second-order valence-electron chi connectivity index (χ2n) is 9.61. The van der Waals surface area contributed by atoms with Crippen LogP contribution >= 0.6 is 11.3 Å². The number of allylic oxidation sites excluding steroid dienone is 2. The van der Waals surface area contributed by atoms with E-state index in [4.69, 9.17) is 5.41 Å². The maximum absolute atomic E-state index is 7.62. The van der Waals surface area contributed by atoms with Gasteiger partial charge in [0.15, 0.2) is 6.54 Å². The molecule has 0 bridgehead atoms. The molecule has 6 heteroatoms. The Labute approximate surface area is 222 Å². The van der Waals surface area contributed by atoms with Gasteiger partial charge in [0.1, 0.15) is 10.5 Å². The molecule has 0 aliphatic carbocycles. The molecule has 4 aromatic rings. The molecule has 0 spiro atoms. The number of nitrogens with zero attached hydrogens (tertiary/aromatic N) is 2. The first-order valence-electron chi connectivity index (χ1n) is 13.0. The molecule has 2 aliphatic rings. The largest absolute Gasteiger partial charge is 0.374 e. The molecular weight excluding hydrogens is 474 g/mol. The predicted octanol–water partition coefficient (Wildman–Crippen LogP) is 6.24. The van der Waals surface area contributed by atoms with E-state index in [1.165, 1.54) is 50.5 Å². The molecule has 37 heavy (non-hydrogen) atoms. The van der Waals surface area contributed by atoms with Crippen molar-refractivity contribution in [2.24, 2.45) is 0 Å². The van der Waals surface area contributed by atoms with Gasteiger partial charge in [-0.05, 0) is 55.7 Å². The SMILES string of the molecule is CC(=N)NCCCNC1=CC(=Cc2sc3cccc4c3[n+]2CCC4)c2ccccc2N1c1ccccc1. The second-order valence-corrected chi connectivity index (χ2v) is 10.7. The number of rotatable bonds is 7. The Balaban J connectivity index is 1.43. The van der Waals surface area contributed by atoms with Crippen molar-refractivity contribution in [3.05, 3.63) is 101 Å². The molecular formula is C31H32N5S+. The van der Waals surface area contributed by atoms with Gasteiger partial charge in [-0.2, -0.15) is 4.57 Å². The number of nitrogens with one attached hydrogen (secondary N) is 3. The number of aromatic nitrogens is 1. The molecule has 0 saturated heterocycles. The zero-order valence-electron chi connectivity index (χ0n) is 21.1. The normalized spacial score (nSPS) is 15.4. The number of amidine groups is 1. The van der Waals surface area contributed by atoms with Gasteiger partial charge in [0.25, 0.3) is 5.01 Å². The van der Waals surface area contributed by atoms with Crippen LogP contribution in [0.4, 0.5) is 11.4 Å². The van der Waals surface area contributed by atoms with Gasteiger partial charge in [-0.15, -0.1) is 0 Å². The molecule has 5 nitrogen and oxygen atoms in total. The van der Waals surface area contributed by atoms with Gasteiger partial charge in [-0.3, -0.25) is 10.3 Å². The molecule has 0 fully saturated rings. The van der Waals surface area contributed by atoms with Crippen LogP contribution in [0, 0.1) is 5.41 Å². The highest BCUT2D eigenvalue weighted by atomic mass is 32.1. The fourth-order valence-electron chi connectivity index (χ4n) is 5.34. The summed E-state index contributed by atoms with van der Waals surface area (Å²) in [6.45, 7) is 4.45. The molecule has 1 aromatic heterocycles. The van der Waals surface area contributed by atoms with E-state index in [0.717, 1.165) is 37.6 Å². The van der Waals surface area contributed by atoms with Crippen molar-refractivity contribution in [2.75, 3.05) is 18.0 Å². The fraction of sp³-hybridized carbons (Fsp3) is 0.226. The number of benzene rings is 3. The first-order valence-corrected chi connectivity index (χ1v) is 13.9. The van der Waals surface area contributed by atoms with Gasteiger partial charge in [0, 0.05) is 42.4 Å². The average molecular weight is 507 g/mol. The molecule has 6 rings (SSSR count). The van der Waals surface area contributed by atoms with E-state index < -0.39 is 0 Å². The van der Waals surface area contributed by atoms with Crippen LogP contribution in [-0.4, -0.2) is 18.9 Å². The summed E-state index contributed by atoms with van der Waals surface area (Å²) in [7, 11) is 0. The van der Waals surface area contributed by atoms with Crippen LogP contribution < -0.4 is 20.1 Å². The zero-order valence-corrected chi connectivity index (χ0v) is 21.9. The first kappa shape index (κ1) is 23.5. The lowest BCUT2D eigenvalue weighted by molar-refractivity contribution is -0.671. The summed E-state index contributed by atoms with van der Waals surface area (Å²) in [6.07, 6.45) is 7.96. The van der Waals surface area contributed by atoms with Crippen LogP contribution in [0.5, 0.6) is 0 Å². The molecule has 2 aliphatic heterocycles. The molecule has 0 radical (unpaired) electrons. The van der Waals surface area contributed by atoms with Crippen LogP contribution in [-0.2, 0) is 13.0 Å². The van der Waals surface area contributed by atoms with E-state index in [2.05, 4.69) is 105 Å². The van der Waals surface area contributed by atoms with Crippen molar-refractivity contribution in [2.45, 2.75) is 32.7 Å². The van der Waals surface area contributed by atoms with E-state index in [1.807, 2.05) is 11.3 Å². The van der Waals surface area contributed by atoms with Gasteiger partial charge in [-0.25, -0.2) is 0 Å². The van der Waals surface area contributed by atoms with Crippen molar-refractivity contribution in [1.29, 1.82) is 5.41 Å². The number of aryl methyl sites for hydroxylation is 2. The third kappa shape index (κ3) is 4.65. The van der Waals surface area contributed by atoms with Crippen LogP contribution in [0.1, 0.15) is 35.9 Å². The number of para-hydroxylation sites is 3. The lowest BCUT2D eigenvalue weighted by Gasteiger charge is -2.34. The number of hydrogen-bond donors (Lipinski definition) is 3. The van der Waals surface area contributed by atoms with Gasteiger partial charge >= 0.3 is 0 Å². The minimum Gasteiger partial charge on any atom is -0.374 e. The van der Waals surface area contributed by atoms with Crippen molar-refractivity contribution in [1.82, 2.24) is 10.6 Å². The number of hydrogen-bond acceptors (Lipinski definition) is 4. The van der Waals surface area contributed by atoms with E-state index in [-0.39, 0.29) is 0 Å². The Morgan fingerprint density at radius 3 is 2.73 bits per heavy atom. The number of anilines is 2. The molecule has 186 valence electrons. The first-order chi connectivity index (χ1) is 18.2. The molecule has 0 atom stereocenters.